The summed E-state index contributed by atoms with van der Waals surface area (Å²) in [5.41, 5.74) is -6.14. The summed E-state index contributed by atoms with van der Waals surface area (Å²) in [7, 11) is 0. The van der Waals surface area contributed by atoms with Crippen molar-refractivity contribution in [1.82, 2.24) is 0 Å². The lowest BCUT2D eigenvalue weighted by molar-refractivity contribution is -0.556. The number of esters is 1. The van der Waals surface area contributed by atoms with Crippen LogP contribution in [0.5, 0.6) is 0 Å². The Morgan fingerprint density at radius 1 is 0.615 bits per heavy atom. The molecule has 23 heteroatoms. The Morgan fingerprint density at radius 2 is 1.00 bits per heavy atom. The van der Waals surface area contributed by atoms with Gasteiger partial charge in [-0.1, -0.05) is 6.58 Å². The smallest absolute Gasteiger partial charge is 0.436 e. The standard InChI is InChI=1S/C16H9Cl5F14O4/c1-2-3(36)37-10(12(23,24)25,4-5(17)7(19)9(21)8(20)6(4)18)14(29,30)38-11(22,13(26,27)28)15(31,32)39-16(33,34)35/h2,4-9H,1H2. The van der Waals surface area contributed by atoms with Crippen LogP contribution in [0.1, 0.15) is 0 Å². The van der Waals surface area contributed by atoms with Crippen LogP contribution in [0.15, 0.2) is 12.7 Å². The summed E-state index contributed by atoms with van der Waals surface area (Å²) in [6, 6.07) is 0. The molecule has 0 bridgehead atoms. The Balaban J connectivity index is 4.12. The number of hydrogen-bond donors (Lipinski definition) is 0. The van der Waals surface area contributed by atoms with E-state index >= 15 is 8.78 Å². The van der Waals surface area contributed by atoms with Crippen molar-refractivity contribution in [3.8, 4) is 0 Å². The summed E-state index contributed by atoms with van der Waals surface area (Å²) in [6.45, 7) is 2.54. The Labute approximate surface area is 232 Å². The lowest BCUT2D eigenvalue weighted by atomic mass is 9.73. The highest BCUT2D eigenvalue weighted by molar-refractivity contribution is 6.41. The van der Waals surface area contributed by atoms with Crippen LogP contribution in [0.3, 0.4) is 0 Å². The fourth-order valence-corrected chi connectivity index (χ4v) is 5.45. The molecule has 230 valence electrons. The summed E-state index contributed by atoms with van der Waals surface area (Å²) in [4.78, 5) is 11.7. The SMILES string of the molecule is C=CC(=O)OC(C1C(Cl)C(Cl)C(Cl)C(Cl)C1Cl)(C(F)(F)F)C(F)(F)OC(F)(C(F)(F)F)C(F)(F)OC(F)(F)F. The number of carbonyl (C=O) groups excluding carboxylic acids is 1. The van der Waals surface area contributed by atoms with Crippen molar-refractivity contribution >= 4 is 64.0 Å². The molecule has 0 N–H and O–H groups in total. The average Bonchev–Trinajstić information content (AvgIpc) is 2.71. The number of carbonyl (C=O) groups is 1. The van der Waals surface area contributed by atoms with Gasteiger partial charge in [-0.2, -0.15) is 48.3 Å². The van der Waals surface area contributed by atoms with Crippen molar-refractivity contribution in [3.63, 3.8) is 0 Å². The molecule has 0 aromatic rings. The third-order valence-corrected chi connectivity index (χ3v) is 8.14. The van der Waals surface area contributed by atoms with E-state index in [0.29, 0.717) is 0 Å². The molecule has 0 spiro atoms. The third kappa shape index (κ3) is 6.66. The average molecular weight is 708 g/mol. The van der Waals surface area contributed by atoms with Crippen LogP contribution >= 0.6 is 58.0 Å². The zero-order chi connectivity index (χ0) is 31.4. The van der Waals surface area contributed by atoms with Gasteiger partial charge in [-0.15, -0.1) is 71.2 Å². The minimum atomic E-state index is -7.73. The third-order valence-electron chi connectivity index (χ3n) is 4.91. The van der Waals surface area contributed by atoms with Gasteiger partial charge in [0.1, 0.15) is 0 Å². The zero-order valence-corrected chi connectivity index (χ0v) is 21.3. The van der Waals surface area contributed by atoms with Crippen LogP contribution in [0.2, 0.25) is 0 Å². The van der Waals surface area contributed by atoms with E-state index in [1.54, 1.807) is 4.74 Å². The molecule has 0 aromatic carbocycles. The highest BCUT2D eigenvalue weighted by atomic mass is 35.5. The molecule has 6 atom stereocenters. The van der Waals surface area contributed by atoms with Gasteiger partial charge < -0.3 is 4.74 Å². The predicted molar refractivity (Wildman–Crippen MR) is 105 cm³/mol. The van der Waals surface area contributed by atoms with Gasteiger partial charge in [0.25, 0.3) is 0 Å². The van der Waals surface area contributed by atoms with Crippen molar-refractivity contribution in [3.05, 3.63) is 12.7 Å². The van der Waals surface area contributed by atoms with Crippen LogP contribution in [0.4, 0.5) is 61.5 Å². The van der Waals surface area contributed by atoms with E-state index in [1.165, 1.54) is 0 Å². The molecule has 6 unspecified atom stereocenters. The maximum absolute atomic E-state index is 15.3. The van der Waals surface area contributed by atoms with Crippen molar-refractivity contribution < 1.29 is 80.5 Å². The zero-order valence-electron chi connectivity index (χ0n) is 17.6. The van der Waals surface area contributed by atoms with E-state index in [9.17, 15) is 57.5 Å². The lowest BCUT2D eigenvalue weighted by Crippen LogP contribution is -2.75. The van der Waals surface area contributed by atoms with Gasteiger partial charge in [-0.05, 0) is 0 Å². The Hall–Kier alpha value is -0.400. The van der Waals surface area contributed by atoms with Gasteiger partial charge in [0.15, 0.2) is 0 Å². The molecule has 1 saturated carbocycles. The molecule has 1 aliphatic rings. The first-order valence-corrected chi connectivity index (χ1v) is 11.3. The van der Waals surface area contributed by atoms with E-state index in [0.717, 1.165) is 0 Å². The molecule has 1 fully saturated rings. The van der Waals surface area contributed by atoms with Crippen LogP contribution in [0.25, 0.3) is 0 Å². The minimum Gasteiger partial charge on any atom is -0.436 e. The molecular weight excluding hydrogens is 699 g/mol. The van der Waals surface area contributed by atoms with Gasteiger partial charge in [0, 0.05) is 6.08 Å². The van der Waals surface area contributed by atoms with Gasteiger partial charge >= 0.3 is 48.4 Å². The van der Waals surface area contributed by atoms with E-state index < -0.39 is 81.2 Å². The Bertz CT molecular complexity index is 899. The molecule has 0 aliphatic heterocycles. The number of alkyl halides is 19. The van der Waals surface area contributed by atoms with Gasteiger partial charge in [0.2, 0.25) is 0 Å². The topological polar surface area (TPSA) is 44.8 Å². The number of rotatable bonds is 8. The molecule has 1 aliphatic carbocycles. The van der Waals surface area contributed by atoms with Crippen molar-refractivity contribution in [2.45, 2.75) is 69.3 Å². The first kappa shape index (κ1) is 36.6. The van der Waals surface area contributed by atoms with E-state index in [1.807, 2.05) is 0 Å². The fraction of sp³-hybridized carbons (Fsp3) is 0.812. The highest BCUT2D eigenvalue weighted by Crippen LogP contribution is 2.61. The molecule has 0 radical (unpaired) electrons. The summed E-state index contributed by atoms with van der Waals surface area (Å²) in [5.74, 6) is -14.0. The second-order valence-corrected chi connectivity index (χ2v) is 9.90. The molecule has 0 aromatic heterocycles. The van der Waals surface area contributed by atoms with Crippen LogP contribution in [-0.4, -0.2) is 75.2 Å². The van der Waals surface area contributed by atoms with E-state index in [-0.39, 0.29) is 6.08 Å². The molecule has 0 heterocycles. The predicted octanol–water partition coefficient (Wildman–Crippen LogP) is 7.65. The van der Waals surface area contributed by atoms with E-state index in [2.05, 4.69) is 16.1 Å². The molecule has 0 saturated heterocycles. The quantitative estimate of drug-likeness (QED) is 0.113. The number of halogens is 19. The van der Waals surface area contributed by atoms with Gasteiger partial charge in [-0.3, -0.25) is 4.74 Å². The Morgan fingerprint density at radius 3 is 1.31 bits per heavy atom. The minimum absolute atomic E-state index is 0.319. The molecule has 1 rings (SSSR count). The number of ether oxygens (including phenoxy) is 3. The summed E-state index contributed by atoms with van der Waals surface area (Å²) in [6.07, 6.45) is -36.8. The maximum atomic E-state index is 15.3. The van der Waals surface area contributed by atoms with Crippen LogP contribution < -0.4 is 0 Å². The molecular formula is C16H9Cl5F14O4. The van der Waals surface area contributed by atoms with Crippen LogP contribution in [-0.2, 0) is 19.0 Å². The molecule has 39 heavy (non-hydrogen) atoms. The normalized spacial score (nSPS) is 30.7. The number of hydrogen-bond acceptors (Lipinski definition) is 4. The second kappa shape index (κ2) is 11.4. The molecule has 0 amide bonds. The summed E-state index contributed by atoms with van der Waals surface area (Å²) >= 11 is 28.3. The van der Waals surface area contributed by atoms with Crippen LogP contribution in [0, 0.1) is 5.92 Å². The largest absolute Gasteiger partial charge is 0.527 e. The fourth-order valence-electron chi connectivity index (χ4n) is 3.23. The van der Waals surface area contributed by atoms with Gasteiger partial charge in [-0.25, -0.2) is 9.53 Å². The lowest BCUT2D eigenvalue weighted by Gasteiger charge is -2.52. The Kier molecular flexibility index (Phi) is 10.7. The molecule has 4 nitrogen and oxygen atoms in total. The first-order valence-electron chi connectivity index (χ1n) is 9.15. The highest BCUT2D eigenvalue weighted by Gasteiger charge is 2.87. The monoisotopic (exact) mass is 706 g/mol. The van der Waals surface area contributed by atoms with Crippen molar-refractivity contribution in [2.75, 3.05) is 0 Å². The van der Waals surface area contributed by atoms with Crippen molar-refractivity contribution in [1.29, 1.82) is 0 Å². The maximum Gasteiger partial charge on any atom is 0.527 e. The van der Waals surface area contributed by atoms with Crippen molar-refractivity contribution in [2.24, 2.45) is 5.92 Å². The first-order chi connectivity index (χ1) is 17.0. The summed E-state index contributed by atoms with van der Waals surface area (Å²) in [5, 5.41) is -11.7. The van der Waals surface area contributed by atoms with Gasteiger partial charge in [0.05, 0.1) is 32.8 Å². The van der Waals surface area contributed by atoms with E-state index in [4.69, 9.17) is 58.0 Å². The summed E-state index contributed by atoms with van der Waals surface area (Å²) < 4.78 is 200. The second-order valence-electron chi connectivity index (χ2n) is 7.38.